The molecule has 0 aliphatic carbocycles. The number of fused-ring (bicyclic) bond motifs is 1. The smallest absolute Gasteiger partial charge is 0.162 e. The fourth-order valence-corrected chi connectivity index (χ4v) is 3.76. The van der Waals surface area contributed by atoms with Crippen molar-refractivity contribution in [3.8, 4) is 11.5 Å². The van der Waals surface area contributed by atoms with Crippen LogP contribution in [0.1, 0.15) is 17.8 Å². The lowest BCUT2D eigenvalue weighted by molar-refractivity contribution is 0.0378. The van der Waals surface area contributed by atoms with Gasteiger partial charge in [0, 0.05) is 31.1 Å². The molecule has 33 heavy (non-hydrogen) atoms. The summed E-state index contributed by atoms with van der Waals surface area (Å²) < 4.78 is 29.5. The zero-order chi connectivity index (χ0) is 23.0. The lowest BCUT2D eigenvalue weighted by atomic mass is 10.2. The first-order valence-corrected chi connectivity index (χ1v) is 11.1. The summed E-state index contributed by atoms with van der Waals surface area (Å²) in [6, 6.07) is 10.0. The fraction of sp³-hybridized carbons (Fsp3) is 0.360. The van der Waals surface area contributed by atoms with E-state index < -0.39 is 0 Å². The van der Waals surface area contributed by atoms with E-state index in [4.69, 9.17) is 19.2 Å². The lowest BCUT2D eigenvalue weighted by Gasteiger charge is -2.26. The number of nitrogens with one attached hydrogen (secondary N) is 1. The van der Waals surface area contributed by atoms with Crippen LogP contribution in [0.25, 0.3) is 23.1 Å². The first-order chi connectivity index (χ1) is 16.2. The van der Waals surface area contributed by atoms with E-state index in [1.165, 1.54) is 12.1 Å². The second-order valence-electron chi connectivity index (χ2n) is 7.77. The monoisotopic (exact) mass is 452 g/mol. The highest BCUT2D eigenvalue weighted by atomic mass is 19.1. The summed E-state index contributed by atoms with van der Waals surface area (Å²) >= 11 is 0. The molecule has 1 aliphatic rings. The molecule has 0 saturated carbocycles. The Morgan fingerprint density at radius 1 is 1.03 bits per heavy atom. The van der Waals surface area contributed by atoms with Crippen LogP contribution in [0.5, 0.6) is 11.5 Å². The molecule has 0 radical (unpaired) electrons. The molecule has 0 amide bonds. The largest absolute Gasteiger partial charge is 0.493 e. The molecule has 174 valence electrons. The average Bonchev–Trinajstić information content (AvgIpc) is 2.86. The van der Waals surface area contributed by atoms with Crippen molar-refractivity contribution in [1.82, 2.24) is 14.9 Å². The molecule has 1 saturated heterocycles. The third-order valence-electron chi connectivity index (χ3n) is 5.56. The second-order valence-corrected chi connectivity index (χ2v) is 7.77. The maximum Gasteiger partial charge on any atom is 0.162 e. The van der Waals surface area contributed by atoms with E-state index in [9.17, 15) is 4.39 Å². The van der Waals surface area contributed by atoms with Crippen molar-refractivity contribution >= 4 is 28.9 Å². The van der Waals surface area contributed by atoms with Crippen LogP contribution in [0.15, 0.2) is 36.4 Å². The van der Waals surface area contributed by atoms with Crippen LogP contribution in [-0.4, -0.2) is 68.5 Å². The molecule has 4 rings (SSSR count). The Labute approximate surface area is 193 Å². The molecule has 0 atom stereocenters. The molecule has 0 bridgehead atoms. The fourth-order valence-electron chi connectivity index (χ4n) is 3.76. The number of benzene rings is 2. The van der Waals surface area contributed by atoms with E-state index in [1.807, 2.05) is 24.3 Å². The summed E-state index contributed by atoms with van der Waals surface area (Å²) in [7, 11) is 3.21. The molecule has 3 aromatic rings. The van der Waals surface area contributed by atoms with Gasteiger partial charge in [0.05, 0.1) is 33.0 Å². The van der Waals surface area contributed by atoms with Crippen molar-refractivity contribution in [2.45, 2.75) is 6.42 Å². The minimum absolute atomic E-state index is 0.265. The minimum atomic E-state index is -0.265. The van der Waals surface area contributed by atoms with Crippen molar-refractivity contribution in [2.24, 2.45) is 0 Å². The van der Waals surface area contributed by atoms with Gasteiger partial charge in [-0.2, -0.15) is 0 Å². The summed E-state index contributed by atoms with van der Waals surface area (Å²) in [6.45, 7) is 5.34. The Balaban J connectivity index is 1.57. The number of morpholine rings is 1. The lowest BCUT2D eigenvalue weighted by Crippen LogP contribution is -2.37. The maximum absolute atomic E-state index is 13.2. The van der Waals surface area contributed by atoms with Gasteiger partial charge in [0.15, 0.2) is 17.3 Å². The highest BCUT2D eigenvalue weighted by Gasteiger charge is 2.13. The molecular weight excluding hydrogens is 423 g/mol. The Kier molecular flexibility index (Phi) is 7.70. The molecule has 7 nitrogen and oxygen atoms in total. The van der Waals surface area contributed by atoms with E-state index in [-0.39, 0.29) is 5.82 Å². The van der Waals surface area contributed by atoms with Gasteiger partial charge in [0.1, 0.15) is 11.6 Å². The van der Waals surface area contributed by atoms with Gasteiger partial charge in [0.2, 0.25) is 0 Å². The Bertz CT molecular complexity index is 1100. The zero-order valence-electron chi connectivity index (χ0n) is 19.0. The standard InChI is InChI=1S/C25H29FN4O3/c1-31-22-16-20-21(17-23(22)32-2)28-24(9-6-18-4-7-19(26)8-5-18)29-25(20)27-10-3-11-30-12-14-33-15-13-30/h4-9,16-17H,3,10-15H2,1-2H3,(H,27,28,29). The van der Waals surface area contributed by atoms with Crippen LogP contribution < -0.4 is 14.8 Å². The van der Waals surface area contributed by atoms with Crippen LogP contribution in [0.2, 0.25) is 0 Å². The van der Waals surface area contributed by atoms with E-state index in [1.54, 1.807) is 26.4 Å². The first kappa shape index (κ1) is 22.9. The third-order valence-corrected chi connectivity index (χ3v) is 5.56. The van der Waals surface area contributed by atoms with Crippen LogP contribution >= 0.6 is 0 Å². The predicted octanol–water partition coefficient (Wildman–Crippen LogP) is 4.09. The van der Waals surface area contributed by atoms with Crippen molar-refractivity contribution in [3.05, 3.63) is 53.6 Å². The van der Waals surface area contributed by atoms with Crippen LogP contribution in [-0.2, 0) is 4.74 Å². The van der Waals surface area contributed by atoms with E-state index in [2.05, 4.69) is 15.2 Å². The Hall–Kier alpha value is -3.23. The van der Waals surface area contributed by atoms with Gasteiger partial charge in [-0.05, 0) is 42.8 Å². The van der Waals surface area contributed by atoms with Gasteiger partial charge >= 0.3 is 0 Å². The quantitative estimate of drug-likeness (QED) is 0.491. The zero-order valence-corrected chi connectivity index (χ0v) is 19.0. The van der Waals surface area contributed by atoms with Gasteiger partial charge in [-0.3, -0.25) is 4.90 Å². The van der Waals surface area contributed by atoms with Crippen LogP contribution in [0.4, 0.5) is 10.2 Å². The highest BCUT2D eigenvalue weighted by molar-refractivity contribution is 5.92. The molecule has 2 aromatic carbocycles. The number of halogens is 1. The van der Waals surface area contributed by atoms with E-state index in [0.29, 0.717) is 17.3 Å². The number of hydrogen-bond donors (Lipinski definition) is 1. The normalized spacial score (nSPS) is 14.6. The number of methoxy groups -OCH3 is 2. The van der Waals surface area contributed by atoms with Gasteiger partial charge in [-0.15, -0.1) is 0 Å². The summed E-state index contributed by atoms with van der Waals surface area (Å²) in [6.07, 6.45) is 4.67. The van der Waals surface area contributed by atoms with Gasteiger partial charge < -0.3 is 19.5 Å². The molecule has 2 heterocycles. The molecule has 1 N–H and O–H groups in total. The highest BCUT2D eigenvalue weighted by Crippen LogP contribution is 2.34. The molecule has 1 aliphatic heterocycles. The molecule has 1 aromatic heterocycles. The number of anilines is 1. The Morgan fingerprint density at radius 3 is 2.48 bits per heavy atom. The molecule has 0 unspecified atom stereocenters. The average molecular weight is 453 g/mol. The summed E-state index contributed by atoms with van der Waals surface area (Å²) in [4.78, 5) is 11.8. The van der Waals surface area contributed by atoms with E-state index >= 15 is 0 Å². The maximum atomic E-state index is 13.2. The summed E-state index contributed by atoms with van der Waals surface area (Å²) in [5.74, 6) is 2.25. The number of ether oxygens (including phenoxy) is 3. The predicted molar refractivity (Wildman–Crippen MR) is 128 cm³/mol. The number of hydrogen-bond acceptors (Lipinski definition) is 7. The minimum Gasteiger partial charge on any atom is -0.493 e. The molecule has 8 heteroatoms. The van der Waals surface area contributed by atoms with Gasteiger partial charge in [-0.25, -0.2) is 14.4 Å². The molecule has 0 spiro atoms. The van der Waals surface area contributed by atoms with Crippen LogP contribution in [0.3, 0.4) is 0 Å². The number of nitrogens with zero attached hydrogens (tertiary/aromatic N) is 3. The van der Waals surface area contributed by atoms with Crippen LogP contribution in [0, 0.1) is 5.82 Å². The summed E-state index contributed by atoms with van der Waals surface area (Å²) in [5, 5.41) is 4.33. The van der Waals surface area contributed by atoms with Crippen molar-refractivity contribution in [3.63, 3.8) is 0 Å². The number of rotatable bonds is 9. The molecule has 1 fully saturated rings. The Morgan fingerprint density at radius 2 is 1.76 bits per heavy atom. The van der Waals surface area contributed by atoms with Gasteiger partial charge in [-0.1, -0.05) is 18.2 Å². The van der Waals surface area contributed by atoms with Gasteiger partial charge in [0.25, 0.3) is 0 Å². The SMILES string of the molecule is COc1cc2nc(C=Cc3ccc(F)cc3)nc(NCCCN3CCOCC3)c2cc1OC. The number of aromatic nitrogens is 2. The first-order valence-electron chi connectivity index (χ1n) is 11.1. The van der Waals surface area contributed by atoms with Crippen molar-refractivity contribution in [2.75, 3.05) is 58.9 Å². The second kappa shape index (κ2) is 11.1. The topological polar surface area (TPSA) is 68.7 Å². The van der Waals surface area contributed by atoms with E-state index in [0.717, 1.165) is 68.1 Å². The van der Waals surface area contributed by atoms with Crippen molar-refractivity contribution in [1.29, 1.82) is 0 Å². The van der Waals surface area contributed by atoms with Crippen molar-refractivity contribution < 1.29 is 18.6 Å². The summed E-state index contributed by atoms with van der Waals surface area (Å²) in [5.41, 5.74) is 1.62. The third kappa shape index (κ3) is 5.97. The molecular formula is C25H29FN4O3.